The van der Waals surface area contributed by atoms with Crippen molar-refractivity contribution >= 4 is 46.8 Å². The maximum Gasteiger partial charge on any atom is 0.321 e. The first-order chi connectivity index (χ1) is 15.5. The van der Waals surface area contributed by atoms with Crippen LogP contribution in [0.1, 0.15) is 43.0 Å². The summed E-state index contributed by atoms with van der Waals surface area (Å²) in [5.41, 5.74) is 0.221. The second-order valence-corrected chi connectivity index (χ2v) is 9.17. The molecule has 4 N–H and O–H groups in total. The lowest BCUT2D eigenvalue weighted by molar-refractivity contribution is -0.139. The molecule has 1 aliphatic heterocycles. The third kappa shape index (κ3) is 6.44. The predicted molar refractivity (Wildman–Crippen MR) is 122 cm³/mol. The van der Waals surface area contributed by atoms with E-state index in [2.05, 4.69) is 21.3 Å². The van der Waals surface area contributed by atoms with Crippen molar-refractivity contribution in [3.05, 3.63) is 28.8 Å². The molecule has 5 amide bonds. The van der Waals surface area contributed by atoms with E-state index < -0.39 is 35.6 Å². The molecule has 2 fully saturated rings. The molecule has 11 heteroatoms. The Kier molecular flexibility index (Phi) is 7.57. The van der Waals surface area contributed by atoms with Crippen LogP contribution in [0.25, 0.3) is 0 Å². The Hall–Kier alpha value is -3.14. The van der Waals surface area contributed by atoms with Gasteiger partial charge in [-0.05, 0) is 50.8 Å². The second kappa shape index (κ2) is 10.2. The summed E-state index contributed by atoms with van der Waals surface area (Å²) in [6.07, 6.45) is 2.08. The molecule has 10 nitrogen and oxygen atoms in total. The number of hydrogen-bond donors (Lipinski definition) is 4. The van der Waals surface area contributed by atoms with Gasteiger partial charge in [0.2, 0.25) is 11.7 Å². The van der Waals surface area contributed by atoms with E-state index in [-0.39, 0.29) is 40.7 Å². The maximum absolute atomic E-state index is 13.1. The van der Waals surface area contributed by atoms with E-state index in [0.29, 0.717) is 6.42 Å². The number of halogens is 1. The Labute approximate surface area is 196 Å². The van der Waals surface area contributed by atoms with Crippen LogP contribution in [0.15, 0.2) is 18.2 Å². The van der Waals surface area contributed by atoms with E-state index in [4.69, 9.17) is 11.6 Å². The summed E-state index contributed by atoms with van der Waals surface area (Å²) in [6, 6.07) is 2.58. The number of hydrogen-bond acceptors (Lipinski definition) is 5. The largest absolute Gasteiger partial charge is 0.353 e. The Morgan fingerprint density at radius 1 is 1.21 bits per heavy atom. The molecule has 1 aliphatic carbocycles. The number of rotatable bonds is 8. The van der Waals surface area contributed by atoms with Crippen LogP contribution < -0.4 is 21.3 Å². The number of amides is 5. The SMILES string of the molecule is C[C@@H]1C[C@@H](C[C@H](NC(=O)c2cc(Cl)ccc2NC(=O)N(C)C)C(=O)C(=O)NC2CC2)C(=O)N1. The van der Waals surface area contributed by atoms with Gasteiger partial charge in [0.1, 0.15) is 0 Å². The van der Waals surface area contributed by atoms with Crippen LogP contribution in [-0.2, 0) is 14.4 Å². The van der Waals surface area contributed by atoms with Crippen LogP contribution in [0.2, 0.25) is 5.02 Å². The van der Waals surface area contributed by atoms with Crippen molar-refractivity contribution in [3.8, 4) is 0 Å². The van der Waals surface area contributed by atoms with Gasteiger partial charge >= 0.3 is 6.03 Å². The van der Waals surface area contributed by atoms with Crippen molar-refractivity contribution in [2.75, 3.05) is 19.4 Å². The molecule has 2 aliphatic rings. The fraction of sp³-hybridized carbons (Fsp3) is 0.500. The van der Waals surface area contributed by atoms with Crippen LogP contribution in [0.4, 0.5) is 10.5 Å². The highest BCUT2D eigenvalue weighted by atomic mass is 35.5. The minimum Gasteiger partial charge on any atom is -0.353 e. The smallest absolute Gasteiger partial charge is 0.321 e. The average Bonchev–Trinajstić information content (AvgIpc) is 3.50. The van der Waals surface area contributed by atoms with Crippen molar-refractivity contribution in [2.45, 2.75) is 50.7 Å². The number of nitrogens with zero attached hydrogens (tertiary/aromatic N) is 1. The van der Waals surface area contributed by atoms with Crippen LogP contribution in [0, 0.1) is 5.92 Å². The summed E-state index contributed by atoms with van der Waals surface area (Å²) in [7, 11) is 3.09. The van der Waals surface area contributed by atoms with Gasteiger partial charge in [0.15, 0.2) is 0 Å². The Bertz CT molecular complexity index is 978. The zero-order valence-corrected chi connectivity index (χ0v) is 19.5. The molecule has 0 aromatic heterocycles. The van der Waals surface area contributed by atoms with Gasteiger partial charge < -0.3 is 26.2 Å². The second-order valence-electron chi connectivity index (χ2n) is 8.73. The minimum atomic E-state index is -1.21. The fourth-order valence-corrected chi connectivity index (χ4v) is 3.76. The van der Waals surface area contributed by atoms with E-state index in [1.807, 2.05) is 6.92 Å². The van der Waals surface area contributed by atoms with Gasteiger partial charge in [-0.3, -0.25) is 19.2 Å². The molecule has 0 unspecified atom stereocenters. The lowest BCUT2D eigenvalue weighted by Gasteiger charge is -2.21. The number of urea groups is 1. The fourth-order valence-electron chi connectivity index (χ4n) is 3.59. The molecule has 3 rings (SSSR count). The number of carbonyl (C=O) groups is 5. The van der Waals surface area contributed by atoms with Gasteiger partial charge in [-0.15, -0.1) is 0 Å². The highest BCUT2D eigenvalue weighted by Crippen LogP contribution is 2.24. The molecule has 0 bridgehead atoms. The molecule has 0 spiro atoms. The molecule has 1 heterocycles. The normalized spacial score (nSPS) is 20.4. The summed E-state index contributed by atoms with van der Waals surface area (Å²) in [5.74, 6) is -3.05. The third-order valence-electron chi connectivity index (χ3n) is 5.55. The molecule has 0 radical (unpaired) electrons. The molecule has 1 saturated carbocycles. The topological polar surface area (TPSA) is 137 Å². The summed E-state index contributed by atoms with van der Waals surface area (Å²) < 4.78 is 0. The Morgan fingerprint density at radius 3 is 2.48 bits per heavy atom. The molecule has 33 heavy (non-hydrogen) atoms. The van der Waals surface area contributed by atoms with Crippen LogP contribution >= 0.6 is 11.6 Å². The molecular formula is C22H28ClN5O5. The van der Waals surface area contributed by atoms with Crippen LogP contribution in [0.5, 0.6) is 0 Å². The average molecular weight is 478 g/mol. The van der Waals surface area contributed by atoms with E-state index in [9.17, 15) is 24.0 Å². The summed E-state index contributed by atoms with van der Waals surface area (Å²) in [6.45, 7) is 1.85. The van der Waals surface area contributed by atoms with E-state index in [0.717, 1.165) is 12.8 Å². The van der Waals surface area contributed by atoms with Gasteiger partial charge in [-0.1, -0.05) is 11.6 Å². The zero-order chi connectivity index (χ0) is 24.3. The first-order valence-corrected chi connectivity index (χ1v) is 11.2. The number of anilines is 1. The highest BCUT2D eigenvalue weighted by Gasteiger charge is 2.37. The standard InChI is InChI=1S/C22H28ClN5O5/c1-11-8-12(19(30)24-11)9-17(18(29)21(32)25-14-5-6-14)26-20(31)15-10-13(23)4-7-16(15)27-22(33)28(2)3/h4,7,10-12,14,17H,5-6,8-9H2,1-3H3,(H,24,30)(H,25,32)(H,26,31)(H,27,33)/t11-,12+,17+/m1/s1. The van der Waals surface area contributed by atoms with Gasteiger partial charge in [0.05, 0.1) is 17.3 Å². The quantitative estimate of drug-likeness (QED) is 0.418. The molecule has 1 aromatic rings. The number of nitrogens with one attached hydrogen (secondary N) is 4. The van der Waals surface area contributed by atoms with Crippen molar-refractivity contribution < 1.29 is 24.0 Å². The maximum atomic E-state index is 13.1. The summed E-state index contributed by atoms with van der Waals surface area (Å²) in [4.78, 5) is 64.1. The van der Waals surface area contributed by atoms with Gasteiger partial charge in [-0.25, -0.2) is 4.79 Å². The van der Waals surface area contributed by atoms with Crippen molar-refractivity contribution in [2.24, 2.45) is 5.92 Å². The van der Waals surface area contributed by atoms with Gasteiger partial charge in [0.25, 0.3) is 11.8 Å². The molecule has 178 valence electrons. The molecular weight excluding hydrogens is 450 g/mol. The zero-order valence-electron chi connectivity index (χ0n) is 18.7. The van der Waals surface area contributed by atoms with Crippen LogP contribution in [-0.4, -0.2) is 66.7 Å². The number of carbonyl (C=O) groups excluding carboxylic acids is 5. The predicted octanol–water partition coefficient (Wildman–Crippen LogP) is 1.29. The molecule has 1 aromatic carbocycles. The van der Waals surface area contributed by atoms with Crippen molar-refractivity contribution in [1.29, 1.82) is 0 Å². The Balaban J connectivity index is 1.82. The van der Waals surface area contributed by atoms with E-state index in [1.165, 1.54) is 23.1 Å². The van der Waals surface area contributed by atoms with Gasteiger partial charge in [-0.2, -0.15) is 0 Å². The monoisotopic (exact) mass is 477 g/mol. The first-order valence-electron chi connectivity index (χ1n) is 10.8. The third-order valence-corrected chi connectivity index (χ3v) is 5.79. The van der Waals surface area contributed by atoms with E-state index >= 15 is 0 Å². The Morgan fingerprint density at radius 2 is 1.91 bits per heavy atom. The number of ketones is 1. The highest BCUT2D eigenvalue weighted by molar-refractivity contribution is 6.38. The van der Waals surface area contributed by atoms with Crippen molar-refractivity contribution in [3.63, 3.8) is 0 Å². The van der Waals surface area contributed by atoms with Gasteiger partial charge in [0, 0.05) is 37.1 Å². The number of benzene rings is 1. The van der Waals surface area contributed by atoms with Crippen LogP contribution in [0.3, 0.4) is 0 Å². The van der Waals surface area contributed by atoms with E-state index in [1.54, 1.807) is 14.1 Å². The lowest BCUT2D eigenvalue weighted by Crippen LogP contribution is -2.49. The number of Topliss-reactive ketones (excluding diaryl/α,β-unsaturated/α-hetero) is 1. The molecule has 1 saturated heterocycles. The summed E-state index contributed by atoms with van der Waals surface area (Å²) >= 11 is 6.06. The first kappa shape index (κ1) is 24.5. The van der Waals surface area contributed by atoms with Crippen molar-refractivity contribution in [1.82, 2.24) is 20.9 Å². The molecule has 3 atom stereocenters. The lowest BCUT2D eigenvalue weighted by atomic mass is 9.93. The minimum absolute atomic E-state index is 0.0151. The summed E-state index contributed by atoms with van der Waals surface area (Å²) in [5, 5.41) is 10.9.